The van der Waals surface area contributed by atoms with E-state index in [-0.39, 0.29) is 11.2 Å². The second kappa shape index (κ2) is 3.04. The van der Waals surface area contributed by atoms with Crippen LogP contribution in [-0.4, -0.2) is 5.78 Å². The van der Waals surface area contributed by atoms with Crippen LogP contribution >= 0.6 is 0 Å². The van der Waals surface area contributed by atoms with Gasteiger partial charge in [-0.25, -0.2) is 0 Å². The van der Waals surface area contributed by atoms with E-state index < -0.39 is 0 Å². The number of hydrogen-bond donors (Lipinski definition) is 0. The first-order chi connectivity index (χ1) is 5.16. The quantitative estimate of drug-likeness (QED) is 0.561. The average Bonchev–Trinajstić information content (AvgIpc) is 2.15. The van der Waals surface area contributed by atoms with Crippen LogP contribution in [0.4, 0.5) is 0 Å². The van der Waals surface area contributed by atoms with E-state index in [4.69, 9.17) is 0 Å². The highest BCUT2D eigenvalue weighted by Crippen LogP contribution is 2.29. The summed E-state index contributed by atoms with van der Waals surface area (Å²) in [6.45, 7) is 4.32. The standard InChI is InChI=1S/C10H14O/c1-3-10(2)7-4-5-9(11)6-8-10/h4-6,8H,3,7H2,1-2H3. The Labute approximate surface area is 67.8 Å². The van der Waals surface area contributed by atoms with Gasteiger partial charge in [0.05, 0.1) is 0 Å². The highest BCUT2D eigenvalue weighted by atomic mass is 16.1. The Hall–Kier alpha value is -0.850. The minimum Gasteiger partial charge on any atom is -0.290 e. The van der Waals surface area contributed by atoms with Crippen molar-refractivity contribution in [1.29, 1.82) is 0 Å². The van der Waals surface area contributed by atoms with Crippen LogP contribution < -0.4 is 0 Å². The van der Waals surface area contributed by atoms with Gasteiger partial charge < -0.3 is 0 Å². The van der Waals surface area contributed by atoms with E-state index in [9.17, 15) is 4.79 Å². The molecule has 0 N–H and O–H groups in total. The van der Waals surface area contributed by atoms with Crippen LogP contribution in [0.15, 0.2) is 24.3 Å². The fourth-order valence-electron chi connectivity index (χ4n) is 1.11. The molecule has 0 fully saturated rings. The SMILES string of the molecule is CCC1(C)C=CC(=O)C=CC1. The Kier molecular flexibility index (Phi) is 2.28. The second-order valence-electron chi connectivity index (χ2n) is 3.35. The zero-order valence-corrected chi connectivity index (χ0v) is 7.13. The Morgan fingerprint density at radius 3 is 2.91 bits per heavy atom. The molecular formula is C10H14O. The predicted molar refractivity (Wildman–Crippen MR) is 46.3 cm³/mol. The lowest BCUT2D eigenvalue weighted by molar-refractivity contribution is -0.110. The minimum absolute atomic E-state index is 0.113. The van der Waals surface area contributed by atoms with Crippen molar-refractivity contribution in [3.05, 3.63) is 24.3 Å². The van der Waals surface area contributed by atoms with Gasteiger partial charge in [-0.15, -0.1) is 0 Å². The van der Waals surface area contributed by atoms with Crippen LogP contribution in [0.3, 0.4) is 0 Å². The summed E-state index contributed by atoms with van der Waals surface area (Å²) in [5, 5.41) is 0. The predicted octanol–water partition coefficient (Wildman–Crippen LogP) is 2.49. The van der Waals surface area contributed by atoms with E-state index >= 15 is 0 Å². The summed E-state index contributed by atoms with van der Waals surface area (Å²) < 4.78 is 0. The molecule has 1 heteroatoms. The van der Waals surface area contributed by atoms with Crippen molar-refractivity contribution in [3.8, 4) is 0 Å². The summed E-state index contributed by atoms with van der Waals surface area (Å²) in [5.41, 5.74) is 0.197. The Balaban J connectivity index is 2.81. The fraction of sp³-hybridized carbons (Fsp3) is 0.500. The first-order valence-corrected chi connectivity index (χ1v) is 4.06. The number of carbonyl (C=O) groups is 1. The number of carbonyl (C=O) groups excluding carboxylic acids is 1. The normalized spacial score (nSPS) is 30.5. The van der Waals surface area contributed by atoms with Crippen LogP contribution in [0.5, 0.6) is 0 Å². The van der Waals surface area contributed by atoms with Gasteiger partial charge in [-0.05, 0) is 30.4 Å². The molecule has 0 aliphatic heterocycles. The average molecular weight is 150 g/mol. The minimum atomic E-state index is 0.113. The number of rotatable bonds is 1. The molecule has 1 nitrogen and oxygen atoms in total. The highest BCUT2D eigenvalue weighted by Gasteiger charge is 2.18. The molecule has 1 aliphatic rings. The van der Waals surface area contributed by atoms with Crippen LogP contribution in [0.25, 0.3) is 0 Å². The van der Waals surface area contributed by atoms with Gasteiger partial charge in [0.25, 0.3) is 0 Å². The van der Waals surface area contributed by atoms with Crippen LogP contribution in [0, 0.1) is 5.41 Å². The molecule has 0 spiro atoms. The van der Waals surface area contributed by atoms with Crippen molar-refractivity contribution in [2.45, 2.75) is 26.7 Å². The Morgan fingerprint density at radius 1 is 1.55 bits per heavy atom. The van der Waals surface area contributed by atoms with E-state index in [1.807, 2.05) is 12.2 Å². The summed E-state index contributed by atoms with van der Waals surface area (Å²) in [6.07, 6.45) is 9.37. The van der Waals surface area contributed by atoms with Gasteiger partial charge in [0.2, 0.25) is 0 Å². The molecule has 1 rings (SSSR count). The number of allylic oxidation sites excluding steroid dienone is 4. The summed E-state index contributed by atoms with van der Waals surface area (Å²) in [4.78, 5) is 10.9. The third-order valence-corrected chi connectivity index (χ3v) is 2.32. The van der Waals surface area contributed by atoms with Crippen LogP contribution in [0.2, 0.25) is 0 Å². The molecule has 1 atom stereocenters. The van der Waals surface area contributed by atoms with Crippen molar-refractivity contribution in [1.82, 2.24) is 0 Å². The molecule has 0 aromatic rings. The molecule has 0 amide bonds. The summed E-state index contributed by atoms with van der Waals surface area (Å²) in [7, 11) is 0. The molecule has 0 saturated carbocycles. The van der Waals surface area contributed by atoms with Gasteiger partial charge in [-0.2, -0.15) is 0 Å². The van der Waals surface area contributed by atoms with E-state index in [0.717, 1.165) is 12.8 Å². The van der Waals surface area contributed by atoms with Crippen molar-refractivity contribution in [3.63, 3.8) is 0 Å². The highest BCUT2D eigenvalue weighted by molar-refractivity contribution is 5.99. The summed E-state index contributed by atoms with van der Waals surface area (Å²) >= 11 is 0. The van der Waals surface area contributed by atoms with Crippen molar-refractivity contribution >= 4 is 5.78 Å². The van der Waals surface area contributed by atoms with Gasteiger partial charge in [-0.1, -0.05) is 26.0 Å². The third-order valence-electron chi connectivity index (χ3n) is 2.32. The van der Waals surface area contributed by atoms with E-state index in [1.165, 1.54) is 0 Å². The molecule has 1 aliphatic carbocycles. The van der Waals surface area contributed by atoms with E-state index in [0.29, 0.717) is 0 Å². The Morgan fingerprint density at radius 2 is 2.27 bits per heavy atom. The zero-order valence-electron chi connectivity index (χ0n) is 7.13. The van der Waals surface area contributed by atoms with E-state index in [1.54, 1.807) is 12.2 Å². The maximum Gasteiger partial charge on any atom is 0.178 e. The number of ketones is 1. The second-order valence-corrected chi connectivity index (χ2v) is 3.35. The lowest BCUT2D eigenvalue weighted by Crippen LogP contribution is -2.09. The van der Waals surface area contributed by atoms with Crippen molar-refractivity contribution in [2.24, 2.45) is 5.41 Å². The molecule has 11 heavy (non-hydrogen) atoms. The third kappa shape index (κ3) is 2.04. The molecule has 0 bridgehead atoms. The van der Waals surface area contributed by atoms with E-state index in [2.05, 4.69) is 13.8 Å². The van der Waals surface area contributed by atoms with Gasteiger partial charge in [0, 0.05) is 0 Å². The molecule has 0 saturated heterocycles. The molecule has 0 aromatic carbocycles. The molecule has 1 unspecified atom stereocenters. The van der Waals surface area contributed by atoms with Crippen LogP contribution in [0.1, 0.15) is 26.7 Å². The van der Waals surface area contributed by atoms with Crippen molar-refractivity contribution < 1.29 is 4.79 Å². The monoisotopic (exact) mass is 150 g/mol. The molecule has 0 radical (unpaired) electrons. The maximum atomic E-state index is 10.9. The smallest absolute Gasteiger partial charge is 0.178 e. The lowest BCUT2D eigenvalue weighted by Gasteiger charge is -2.20. The fourth-order valence-corrected chi connectivity index (χ4v) is 1.11. The number of hydrogen-bond acceptors (Lipinski definition) is 1. The van der Waals surface area contributed by atoms with Gasteiger partial charge in [-0.3, -0.25) is 4.79 Å². The first kappa shape index (κ1) is 8.25. The maximum absolute atomic E-state index is 10.9. The molecule has 60 valence electrons. The first-order valence-electron chi connectivity index (χ1n) is 4.06. The zero-order chi connectivity index (χ0) is 8.32. The van der Waals surface area contributed by atoms with Gasteiger partial charge >= 0.3 is 0 Å². The Bertz CT molecular complexity index is 213. The topological polar surface area (TPSA) is 17.1 Å². The molecular weight excluding hydrogens is 136 g/mol. The summed E-state index contributed by atoms with van der Waals surface area (Å²) in [5.74, 6) is 0.113. The summed E-state index contributed by atoms with van der Waals surface area (Å²) in [6, 6.07) is 0. The molecule has 0 heterocycles. The van der Waals surface area contributed by atoms with Crippen molar-refractivity contribution in [2.75, 3.05) is 0 Å². The molecule has 0 aromatic heterocycles. The van der Waals surface area contributed by atoms with Gasteiger partial charge in [0.15, 0.2) is 5.78 Å². The lowest BCUT2D eigenvalue weighted by atomic mass is 9.84. The van der Waals surface area contributed by atoms with Gasteiger partial charge in [0.1, 0.15) is 0 Å². The van der Waals surface area contributed by atoms with Crippen LogP contribution in [-0.2, 0) is 4.79 Å². The largest absolute Gasteiger partial charge is 0.290 e.